The summed E-state index contributed by atoms with van der Waals surface area (Å²) in [6.45, 7) is 0. The number of rotatable bonds is 5. The third-order valence-corrected chi connectivity index (χ3v) is 11.1. The molecule has 236 valence electrons. The van der Waals surface area contributed by atoms with Crippen LogP contribution >= 0.6 is 0 Å². The van der Waals surface area contributed by atoms with E-state index in [0.717, 1.165) is 52.2 Å². The van der Waals surface area contributed by atoms with Gasteiger partial charge in [0.1, 0.15) is 17.2 Å². The lowest BCUT2D eigenvalue weighted by Gasteiger charge is -2.41. The zero-order valence-electron chi connectivity index (χ0n) is 27.5. The molecule has 2 aliphatic carbocycles. The molecular weight excluding hydrogens is 588 g/mol. The van der Waals surface area contributed by atoms with Gasteiger partial charge >= 0.3 is 0 Å². The van der Waals surface area contributed by atoms with Crippen LogP contribution in [0.15, 0.2) is 127 Å². The second-order valence-electron chi connectivity index (χ2n) is 13.4. The molecule has 1 aliphatic heterocycles. The van der Waals surface area contributed by atoms with Gasteiger partial charge in [-0.25, -0.2) is 0 Å². The van der Waals surface area contributed by atoms with Gasteiger partial charge in [-0.3, -0.25) is 0 Å². The summed E-state index contributed by atoms with van der Waals surface area (Å²) >= 11 is 0. The molecule has 9 rings (SSSR count). The molecule has 1 unspecified atom stereocenters. The molecule has 48 heavy (non-hydrogen) atoms. The molecule has 3 nitrogen and oxygen atoms in total. The summed E-state index contributed by atoms with van der Waals surface area (Å²) in [5.41, 5.74) is 10.3. The van der Waals surface area contributed by atoms with Gasteiger partial charge in [-0.2, -0.15) is 0 Å². The van der Waals surface area contributed by atoms with E-state index in [0.29, 0.717) is 0 Å². The van der Waals surface area contributed by atoms with Crippen LogP contribution in [0.1, 0.15) is 59.9 Å². The molecule has 6 aromatic carbocycles. The quantitative estimate of drug-likeness (QED) is 0.191. The maximum absolute atomic E-state index is 7.61. The first-order chi connectivity index (χ1) is 23.6. The van der Waals surface area contributed by atoms with Crippen molar-refractivity contribution in [3.05, 3.63) is 155 Å². The van der Waals surface area contributed by atoms with Crippen LogP contribution in [0.2, 0.25) is 0 Å². The van der Waals surface area contributed by atoms with E-state index in [1.165, 1.54) is 58.0 Å². The van der Waals surface area contributed by atoms with Crippen LogP contribution in [-0.2, 0) is 11.0 Å². The Morgan fingerprint density at radius 1 is 0.604 bits per heavy atom. The van der Waals surface area contributed by atoms with E-state index in [-0.39, 0.29) is 5.41 Å². The van der Waals surface area contributed by atoms with Gasteiger partial charge in [-0.15, -0.1) is 0 Å². The topological polar surface area (TPSA) is 27.7 Å². The third kappa shape index (κ3) is 4.20. The molecular formula is C45H38O3. The van der Waals surface area contributed by atoms with Gasteiger partial charge in [0, 0.05) is 33.6 Å². The van der Waals surface area contributed by atoms with Crippen molar-refractivity contribution >= 4 is 16.8 Å². The van der Waals surface area contributed by atoms with Gasteiger partial charge in [0.25, 0.3) is 0 Å². The van der Waals surface area contributed by atoms with E-state index in [2.05, 4.69) is 127 Å². The van der Waals surface area contributed by atoms with Crippen LogP contribution in [-0.4, -0.2) is 14.2 Å². The minimum Gasteiger partial charge on any atom is -0.497 e. The molecule has 3 heteroatoms. The molecule has 3 aliphatic rings. The molecule has 0 saturated heterocycles. The second kappa shape index (κ2) is 11.2. The monoisotopic (exact) mass is 626 g/mol. The average molecular weight is 627 g/mol. The highest BCUT2D eigenvalue weighted by Crippen LogP contribution is 2.62. The fraction of sp³-hybridized carbons (Fsp3) is 0.200. The van der Waals surface area contributed by atoms with E-state index in [9.17, 15) is 0 Å². The Balaban J connectivity index is 1.31. The molecule has 0 N–H and O–H groups in total. The zero-order valence-corrected chi connectivity index (χ0v) is 27.5. The van der Waals surface area contributed by atoms with Crippen molar-refractivity contribution in [3.63, 3.8) is 0 Å². The lowest BCUT2D eigenvalue weighted by molar-refractivity contribution is 0.162. The van der Waals surface area contributed by atoms with Crippen LogP contribution in [0.5, 0.6) is 17.2 Å². The Morgan fingerprint density at radius 3 is 1.98 bits per heavy atom. The SMILES string of the molecule is COc1cc(OC)cc(C2(c3ccc(-c4ccccc4)cc3)C=Cc3c4c(c5ccccc5c3O2)-c2ccccc2C42CCCCC2)c1. The number of hydrogen-bond acceptors (Lipinski definition) is 3. The van der Waals surface area contributed by atoms with Gasteiger partial charge in [-0.1, -0.05) is 128 Å². The van der Waals surface area contributed by atoms with Gasteiger partial charge in [0.15, 0.2) is 5.60 Å². The first-order valence-corrected chi connectivity index (χ1v) is 17.1. The van der Waals surface area contributed by atoms with E-state index < -0.39 is 5.60 Å². The highest BCUT2D eigenvalue weighted by atomic mass is 16.5. The first-order valence-electron chi connectivity index (χ1n) is 17.1. The molecule has 1 fully saturated rings. The normalized spacial score (nSPS) is 18.5. The number of methoxy groups -OCH3 is 2. The number of benzene rings is 6. The minimum atomic E-state index is -0.924. The molecule has 0 aromatic heterocycles. The lowest BCUT2D eigenvalue weighted by Crippen LogP contribution is -2.36. The number of fused-ring (bicyclic) bond motifs is 10. The molecule has 1 heterocycles. The van der Waals surface area contributed by atoms with Crippen LogP contribution in [0.25, 0.3) is 39.1 Å². The van der Waals surface area contributed by atoms with E-state index in [4.69, 9.17) is 14.2 Å². The van der Waals surface area contributed by atoms with E-state index in [1.54, 1.807) is 14.2 Å². The Bertz CT molecular complexity index is 2180. The minimum absolute atomic E-state index is 0.0114. The maximum atomic E-state index is 7.61. The summed E-state index contributed by atoms with van der Waals surface area (Å²) in [5, 5.41) is 2.39. The first kappa shape index (κ1) is 28.9. The molecule has 6 aromatic rings. The maximum Gasteiger partial charge on any atom is 0.178 e. The molecule has 1 spiro atoms. The third-order valence-electron chi connectivity index (χ3n) is 11.1. The lowest BCUT2D eigenvalue weighted by atomic mass is 9.66. The summed E-state index contributed by atoms with van der Waals surface area (Å²) in [7, 11) is 3.40. The highest BCUT2D eigenvalue weighted by molar-refractivity contribution is 6.08. The van der Waals surface area contributed by atoms with Crippen LogP contribution in [0.3, 0.4) is 0 Å². The Labute approximate surface area is 282 Å². The highest BCUT2D eigenvalue weighted by Gasteiger charge is 2.48. The van der Waals surface area contributed by atoms with Gasteiger partial charge in [-0.05, 0) is 69.8 Å². The Morgan fingerprint density at radius 2 is 1.25 bits per heavy atom. The summed E-state index contributed by atoms with van der Waals surface area (Å²) in [6.07, 6.45) is 10.7. The smallest absolute Gasteiger partial charge is 0.178 e. The van der Waals surface area contributed by atoms with Crippen molar-refractivity contribution in [1.82, 2.24) is 0 Å². The Hall–Kier alpha value is -5.28. The number of ether oxygens (including phenoxy) is 3. The van der Waals surface area contributed by atoms with E-state index in [1.807, 2.05) is 6.07 Å². The molecule has 0 amide bonds. The van der Waals surface area contributed by atoms with Crippen LogP contribution in [0.4, 0.5) is 0 Å². The summed E-state index contributed by atoms with van der Waals surface area (Å²) < 4.78 is 19.2. The van der Waals surface area contributed by atoms with E-state index >= 15 is 0 Å². The summed E-state index contributed by atoms with van der Waals surface area (Å²) in [6, 6.07) is 43.4. The largest absolute Gasteiger partial charge is 0.497 e. The fourth-order valence-corrected chi connectivity index (χ4v) is 8.84. The zero-order chi connectivity index (χ0) is 32.3. The number of hydrogen-bond donors (Lipinski definition) is 0. The van der Waals surface area contributed by atoms with Crippen LogP contribution in [0, 0.1) is 0 Å². The fourth-order valence-electron chi connectivity index (χ4n) is 8.84. The van der Waals surface area contributed by atoms with Gasteiger partial charge in [0.2, 0.25) is 0 Å². The van der Waals surface area contributed by atoms with Crippen molar-refractivity contribution in [2.45, 2.75) is 43.1 Å². The van der Waals surface area contributed by atoms with Gasteiger partial charge < -0.3 is 14.2 Å². The van der Waals surface area contributed by atoms with Crippen molar-refractivity contribution in [2.24, 2.45) is 0 Å². The predicted octanol–water partition coefficient (Wildman–Crippen LogP) is 11.1. The molecule has 0 bridgehead atoms. The average Bonchev–Trinajstić information content (AvgIpc) is 3.44. The standard InChI is InChI=1S/C45H38O3/c1-46-34-27-33(28-35(29-34)47-2)45(32-21-19-31(20-22-32)30-13-5-3-6-14-30)26-23-39-42-41(36-15-7-8-16-37(36)43(39)48-45)38-17-9-10-18-40(38)44(42)24-11-4-12-25-44/h3,5-10,13-23,26-29H,4,11-12,24-25H2,1-2H3. The summed E-state index contributed by atoms with van der Waals surface area (Å²) in [5.74, 6) is 2.39. The van der Waals surface area contributed by atoms with Crippen molar-refractivity contribution in [1.29, 1.82) is 0 Å². The molecule has 0 radical (unpaired) electrons. The second-order valence-corrected chi connectivity index (χ2v) is 13.4. The molecule has 1 atom stereocenters. The molecule has 1 saturated carbocycles. The van der Waals surface area contributed by atoms with Gasteiger partial charge in [0.05, 0.1) is 14.2 Å². The summed E-state index contributed by atoms with van der Waals surface area (Å²) in [4.78, 5) is 0. The van der Waals surface area contributed by atoms with Crippen molar-refractivity contribution in [2.75, 3.05) is 14.2 Å². The Kier molecular flexibility index (Phi) is 6.72. The predicted molar refractivity (Wildman–Crippen MR) is 195 cm³/mol. The van der Waals surface area contributed by atoms with Crippen molar-refractivity contribution < 1.29 is 14.2 Å². The van der Waals surface area contributed by atoms with Crippen molar-refractivity contribution in [3.8, 4) is 39.5 Å². The van der Waals surface area contributed by atoms with Crippen LogP contribution < -0.4 is 14.2 Å².